The molecule has 1 aliphatic carbocycles. The van der Waals surface area contributed by atoms with Crippen LogP contribution in [0.2, 0.25) is 0 Å². The van der Waals surface area contributed by atoms with Crippen LogP contribution in [0.4, 0.5) is 15.8 Å². The summed E-state index contributed by atoms with van der Waals surface area (Å²) in [4.78, 5) is 14.3. The van der Waals surface area contributed by atoms with Gasteiger partial charge in [0.2, 0.25) is 15.9 Å². The Morgan fingerprint density at radius 3 is 2.32 bits per heavy atom. The number of amides is 1. The smallest absolute Gasteiger partial charge is 0.227 e. The third-order valence-corrected chi connectivity index (χ3v) is 8.00. The van der Waals surface area contributed by atoms with Crippen LogP contribution in [0.25, 0.3) is 0 Å². The molecule has 0 spiro atoms. The zero-order valence-corrected chi connectivity index (χ0v) is 19.5. The lowest BCUT2D eigenvalue weighted by atomic mass is 9.86. The van der Waals surface area contributed by atoms with E-state index >= 15 is 0 Å². The monoisotopic (exact) mass is 455 g/mol. The highest BCUT2D eigenvalue weighted by Crippen LogP contribution is 2.29. The molecule has 1 aromatic carbocycles. The second kappa shape index (κ2) is 9.83. The summed E-state index contributed by atoms with van der Waals surface area (Å²) in [6, 6.07) is 7.08. The first kappa shape index (κ1) is 23.9. The summed E-state index contributed by atoms with van der Waals surface area (Å²) in [5.41, 5.74) is 1.42. The third-order valence-electron chi connectivity index (χ3n) is 6.10. The predicted octanol–water partition coefficient (Wildman–Crippen LogP) is 3.42. The molecule has 174 valence electrons. The van der Waals surface area contributed by atoms with Crippen molar-refractivity contribution in [1.82, 2.24) is 4.72 Å². The van der Waals surface area contributed by atoms with Gasteiger partial charge in [-0.05, 0) is 77.6 Å². The van der Waals surface area contributed by atoms with Crippen LogP contribution in [-0.2, 0) is 19.6 Å². The van der Waals surface area contributed by atoms with Crippen LogP contribution in [0.1, 0.15) is 53.4 Å². The average Bonchev–Trinajstić information content (AvgIpc) is 2.71. The molecule has 0 radical (unpaired) electrons. The van der Waals surface area contributed by atoms with E-state index in [4.69, 9.17) is 4.74 Å². The lowest BCUT2D eigenvalue weighted by molar-refractivity contribution is -0.120. The molecule has 2 unspecified atom stereocenters. The fraction of sp³-hybridized carbons (Fsp3) is 0.682. The van der Waals surface area contributed by atoms with Crippen molar-refractivity contribution in [3.8, 4) is 0 Å². The maximum absolute atomic E-state index is 14.5. The average molecular weight is 456 g/mol. The molecule has 1 amide bonds. The number of alkyl halides is 1. The van der Waals surface area contributed by atoms with Gasteiger partial charge in [-0.2, -0.15) is 0 Å². The standard InChI is InChI=1S/C22H34FN3O4S/c1-14(2)31(28,29)25-19-7-5-17(6-8-19)22(27)24-18-9-11-20(12-10-18)26-13-15(3)30-16(4)21(26)23/h9-12,14-17,19,21,25H,5-8,13H2,1-4H3,(H,24,27)/t15-,16?,17?,19?,21?/m0/s1. The largest absolute Gasteiger partial charge is 0.369 e. The second-order valence-corrected chi connectivity index (χ2v) is 11.2. The van der Waals surface area contributed by atoms with Crippen molar-refractivity contribution in [2.24, 2.45) is 5.92 Å². The van der Waals surface area contributed by atoms with E-state index in [1.165, 1.54) is 0 Å². The van der Waals surface area contributed by atoms with Crippen LogP contribution >= 0.6 is 0 Å². The fourth-order valence-electron chi connectivity index (χ4n) is 4.18. The van der Waals surface area contributed by atoms with Crippen molar-refractivity contribution in [3.63, 3.8) is 0 Å². The van der Waals surface area contributed by atoms with Gasteiger partial charge in [-0.25, -0.2) is 17.5 Å². The van der Waals surface area contributed by atoms with Crippen LogP contribution in [0.15, 0.2) is 24.3 Å². The number of sulfonamides is 1. The first-order valence-electron chi connectivity index (χ1n) is 11.0. The highest BCUT2D eigenvalue weighted by Gasteiger charge is 2.33. The summed E-state index contributed by atoms with van der Waals surface area (Å²) < 4.78 is 46.9. The lowest BCUT2D eigenvalue weighted by Gasteiger charge is -2.39. The minimum absolute atomic E-state index is 0.0541. The quantitative estimate of drug-likeness (QED) is 0.642. The van der Waals surface area contributed by atoms with Crippen LogP contribution in [0.3, 0.4) is 0 Å². The number of hydrogen-bond acceptors (Lipinski definition) is 5. The number of nitrogens with one attached hydrogen (secondary N) is 2. The lowest BCUT2D eigenvalue weighted by Crippen LogP contribution is -2.51. The molecule has 1 heterocycles. The SMILES string of the molecule is CC1O[C@@H](C)CN(c2ccc(NC(=O)C3CCC(NS(=O)(=O)C(C)C)CC3)cc2)C1F. The molecular weight excluding hydrogens is 421 g/mol. The Morgan fingerprint density at radius 1 is 1.13 bits per heavy atom. The van der Waals surface area contributed by atoms with Crippen LogP contribution < -0.4 is 14.9 Å². The summed E-state index contributed by atoms with van der Waals surface area (Å²) in [5.74, 6) is -0.203. The van der Waals surface area contributed by atoms with Gasteiger partial charge in [0.05, 0.1) is 11.4 Å². The maximum Gasteiger partial charge on any atom is 0.227 e. The summed E-state index contributed by atoms with van der Waals surface area (Å²) in [7, 11) is -3.30. The number of anilines is 2. The van der Waals surface area contributed by atoms with Gasteiger partial charge in [0.1, 0.15) is 6.10 Å². The number of rotatable bonds is 6. The molecule has 1 aliphatic heterocycles. The molecule has 1 aromatic rings. The molecule has 9 heteroatoms. The minimum atomic E-state index is -3.30. The van der Waals surface area contributed by atoms with Gasteiger partial charge in [0, 0.05) is 29.9 Å². The molecule has 2 aliphatic rings. The van der Waals surface area contributed by atoms with Crippen molar-refractivity contribution in [3.05, 3.63) is 24.3 Å². The second-order valence-electron chi connectivity index (χ2n) is 8.97. The van der Waals surface area contributed by atoms with E-state index in [9.17, 15) is 17.6 Å². The first-order chi connectivity index (χ1) is 14.6. The van der Waals surface area contributed by atoms with E-state index in [1.54, 1.807) is 37.8 Å². The maximum atomic E-state index is 14.5. The molecular formula is C22H34FN3O4S. The molecule has 0 aromatic heterocycles. The number of nitrogens with zero attached hydrogens (tertiary/aromatic N) is 1. The Morgan fingerprint density at radius 2 is 1.74 bits per heavy atom. The predicted molar refractivity (Wildman–Crippen MR) is 120 cm³/mol. The molecule has 0 bridgehead atoms. The number of hydrogen-bond donors (Lipinski definition) is 2. The molecule has 1 saturated carbocycles. The van der Waals surface area contributed by atoms with Crippen LogP contribution in [0.5, 0.6) is 0 Å². The third kappa shape index (κ3) is 5.96. The van der Waals surface area contributed by atoms with Gasteiger partial charge < -0.3 is 15.0 Å². The van der Waals surface area contributed by atoms with E-state index in [2.05, 4.69) is 10.0 Å². The van der Waals surface area contributed by atoms with E-state index in [0.717, 1.165) is 5.69 Å². The van der Waals surface area contributed by atoms with Gasteiger partial charge >= 0.3 is 0 Å². The molecule has 3 rings (SSSR count). The highest BCUT2D eigenvalue weighted by molar-refractivity contribution is 7.90. The molecule has 7 nitrogen and oxygen atoms in total. The Kier molecular flexibility index (Phi) is 7.59. The Balaban J connectivity index is 1.52. The van der Waals surface area contributed by atoms with Crippen molar-refractivity contribution in [1.29, 1.82) is 0 Å². The summed E-state index contributed by atoms with van der Waals surface area (Å²) in [6.45, 7) is 7.43. The number of carbonyl (C=O) groups is 1. The topological polar surface area (TPSA) is 87.7 Å². The molecule has 1 saturated heterocycles. The summed E-state index contributed by atoms with van der Waals surface area (Å²) in [5, 5.41) is 2.47. The highest BCUT2D eigenvalue weighted by atomic mass is 32.2. The van der Waals surface area contributed by atoms with E-state index in [1.807, 2.05) is 19.1 Å². The Bertz CT molecular complexity index is 854. The number of ether oxygens (including phenoxy) is 1. The normalized spacial score (nSPS) is 29.7. The van der Waals surface area contributed by atoms with Crippen LogP contribution in [0, 0.1) is 5.92 Å². The number of carbonyl (C=O) groups excluding carboxylic acids is 1. The van der Waals surface area contributed by atoms with E-state index in [-0.39, 0.29) is 24.0 Å². The van der Waals surface area contributed by atoms with Crippen molar-refractivity contribution < 1.29 is 22.3 Å². The van der Waals surface area contributed by atoms with Crippen LogP contribution in [-0.4, -0.2) is 50.7 Å². The van der Waals surface area contributed by atoms with Gasteiger partial charge in [0.15, 0.2) is 6.30 Å². The molecule has 3 atom stereocenters. The molecule has 2 fully saturated rings. The number of benzene rings is 1. The zero-order chi connectivity index (χ0) is 22.8. The zero-order valence-electron chi connectivity index (χ0n) is 18.7. The summed E-state index contributed by atoms with van der Waals surface area (Å²) in [6.07, 6.45) is 0.817. The van der Waals surface area contributed by atoms with Crippen molar-refractivity contribution in [2.75, 3.05) is 16.8 Å². The molecule has 2 N–H and O–H groups in total. The Hall–Kier alpha value is -1.71. The minimum Gasteiger partial charge on any atom is -0.369 e. The number of morpholine rings is 1. The van der Waals surface area contributed by atoms with Crippen molar-refractivity contribution in [2.45, 2.75) is 83.2 Å². The first-order valence-corrected chi connectivity index (χ1v) is 12.6. The van der Waals surface area contributed by atoms with E-state index < -0.39 is 27.7 Å². The number of halogens is 1. The fourth-order valence-corrected chi connectivity index (χ4v) is 5.15. The summed E-state index contributed by atoms with van der Waals surface area (Å²) >= 11 is 0. The van der Waals surface area contributed by atoms with Gasteiger partial charge in [-0.15, -0.1) is 0 Å². The van der Waals surface area contributed by atoms with Gasteiger partial charge in [-0.3, -0.25) is 4.79 Å². The van der Waals surface area contributed by atoms with Gasteiger partial charge in [-0.1, -0.05) is 0 Å². The Labute approximate surface area is 184 Å². The molecule has 31 heavy (non-hydrogen) atoms. The van der Waals surface area contributed by atoms with Gasteiger partial charge in [0.25, 0.3) is 0 Å². The van der Waals surface area contributed by atoms with E-state index in [0.29, 0.717) is 37.9 Å². The van der Waals surface area contributed by atoms with Crippen molar-refractivity contribution >= 4 is 27.3 Å².